The predicted molar refractivity (Wildman–Crippen MR) is 104 cm³/mol. The Labute approximate surface area is 160 Å². The van der Waals surface area contributed by atoms with E-state index >= 15 is 0 Å². The Balaban J connectivity index is 1.49. The Bertz CT molecular complexity index is 482. The first-order chi connectivity index (χ1) is 12.5. The first kappa shape index (κ1) is 22.1. The molecule has 6 heteroatoms. The van der Waals surface area contributed by atoms with Crippen molar-refractivity contribution in [3.05, 3.63) is 0 Å². The smallest absolute Gasteiger partial charge is 0.247 e. The molecule has 154 valence electrons. The summed E-state index contributed by atoms with van der Waals surface area (Å²) in [6.07, 6.45) is 18.6. The molecule has 2 saturated carbocycles. The van der Waals surface area contributed by atoms with Crippen molar-refractivity contribution in [1.29, 1.82) is 0 Å². The van der Waals surface area contributed by atoms with Gasteiger partial charge in [-0.05, 0) is 49.4 Å². The highest BCUT2D eigenvalue weighted by atomic mass is 32.3. The lowest BCUT2D eigenvalue weighted by molar-refractivity contribution is 0.211. The monoisotopic (exact) mass is 389 g/mol. The average molecular weight is 390 g/mol. The van der Waals surface area contributed by atoms with Crippen molar-refractivity contribution >= 4 is 10.4 Å². The summed E-state index contributed by atoms with van der Waals surface area (Å²) < 4.78 is 30.4. The van der Waals surface area contributed by atoms with Gasteiger partial charge in [-0.2, -0.15) is 18.6 Å². The van der Waals surface area contributed by atoms with Crippen molar-refractivity contribution in [2.75, 3.05) is 6.61 Å². The van der Waals surface area contributed by atoms with Gasteiger partial charge in [-0.15, -0.1) is 0 Å². The van der Waals surface area contributed by atoms with Gasteiger partial charge in [0.2, 0.25) is 0 Å². The van der Waals surface area contributed by atoms with E-state index in [1.165, 1.54) is 77.0 Å². The summed E-state index contributed by atoms with van der Waals surface area (Å²) in [7, 11) is -3.98. The molecule has 2 fully saturated rings. The minimum absolute atomic E-state index is 0.168. The third kappa shape index (κ3) is 8.24. The van der Waals surface area contributed by atoms with Crippen LogP contribution in [-0.2, 0) is 18.9 Å². The number of hydrogen-bond acceptors (Lipinski definition) is 5. The van der Waals surface area contributed by atoms with E-state index in [1.54, 1.807) is 0 Å². The summed E-state index contributed by atoms with van der Waals surface area (Å²) in [6, 6.07) is 0. The number of rotatable bonds is 13. The van der Waals surface area contributed by atoms with Gasteiger partial charge in [-0.25, -0.2) is 4.18 Å². The highest BCUT2D eigenvalue weighted by Gasteiger charge is 2.26. The van der Waals surface area contributed by atoms with Crippen molar-refractivity contribution in [2.45, 2.75) is 96.8 Å². The van der Waals surface area contributed by atoms with E-state index in [9.17, 15) is 8.42 Å². The van der Waals surface area contributed by atoms with Crippen LogP contribution in [0.3, 0.4) is 0 Å². The van der Waals surface area contributed by atoms with Gasteiger partial charge in [-0.1, -0.05) is 71.1 Å². The van der Waals surface area contributed by atoms with Crippen molar-refractivity contribution in [3.63, 3.8) is 0 Å². The highest BCUT2D eigenvalue weighted by Crippen LogP contribution is 2.40. The maximum Gasteiger partial charge on any atom is 0.415 e. The van der Waals surface area contributed by atoms with Crippen LogP contribution < -0.4 is 5.90 Å². The molecule has 2 N–H and O–H groups in total. The molecule has 0 radical (unpaired) electrons. The topological polar surface area (TPSA) is 78.6 Å². The highest BCUT2D eigenvalue weighted by molar-refractivity contribution is 7.81. The Morgan fingerprint density at radius 2 is 1.27 bits per heavy atom. The molecule has 2 aliphatic rings. The van der Waals surface area contributed by atoms with Gasteiger partial charge in [0.05, 0.1) is 6.61 Å². The van der Waals surface area contributed by atoms with E-state index in [-0.39, 0.29) is 6.61 Å². The van der Waals surface area contributed by atoms with Gasteiger partial charge in [0, 0.05) is 0 Å². The first-order valence-corrected chi connectivity index (χ1v) is 12.1. The molecule has 0 amide bonds. The van der Waals surface area contributed by atoms with Gasteiger partial charge in [0.15, 0.2) is 0 Å². The second-order valence-electron chi connectivity index (χ2n) is 8.63. The van der Waals surface area contributed by atoms with Gasteiger partial charge in [-0.3, -0.25) is 0 Å². The van der Waals surface area contributed by atoms with Crippen molar-refractivity contribution in [1.82, 2.24) is 0 Å². The van der Waals surface area contributed by atoms with Crippen LogP contribution in [0.15, 0.2) is 0 Å². The van der Waals surface area contributed by atoms with Crippen LogP contribution in [0, 0.1) is 23.7 Å². The Kier molecular flexibility index (Phi) is 9.89. The molecule has 5 nitrogen and oxygen atoms in total. The maximum absolute atomic E-state index is 11.0. The molecule has 0 saturated heterocycles. The Hall–Kier alpha value is -0.170. The molecule has 0 bridgehead atoms. The van der Waals surface area contributed by atoms with Crippen LogP contribution in [0.25, 0.3) is 0 Å². The van der Waals surface area contributed by atoms with Crippen molar-refractivity contribution in [3.8, 4) is 0 Å². The fourth-order valence-electron chi connectivity index (χ4n) is 5.15. The summed E-state index contributed by atoms with van der Waals surface area (Å²) in [5.74, 6) is 8.27. The lowest BCUT2D eigenvalue weighted by Crippen LogP contribution is -2.15. The Morgan fingerprint density at radius 1 is 0.808 bits per heavy atom. The van der Waals surface area contributed by atoms with Crippen LogP contribution in [-0.4, -0.2) is 15.0 Å². The molecule has 0 aliphatic heterocycles. The van der Waals surface area contributed by atoms with Crippen molar-refractivity contribution < 1.29 is 16.9 Å². The Morgan fingerprint density at radius 3 is 1.73 bits per heavy atom. The minimum atomic E-state index is -3.98. The lowest BCUT2D eigenvalue weighted by Gasteiger charge is -2.14. The molecule has 0 spiro atoms. The molecule has 0 heterocycles. The summed E-state index contributed by atoms with van der Waals surface area (Å²) in [4.78, 5) is 0. The number of unbranched alkanes of at least 4 members (excludes halogenated alkanes) is 1. The van der Waals surface area contributed by atoms with Gasteiger partial charge >= 0.3 is 10.4 Å². The van der Waals surface area contributed by atoms with E-state index in [0.717, 1.165) is 36.5 Å². The van der Waals surface area contributed by atoms with Crippen LogP contribution in [0.2, 0.25) is 0 Å². The van der Waals surface area contributed by atoms with Crippen LogP contribution in [0.1, 0.15) is 96.8 Å². The maximum atomic E-state index is 11.0. The van der Waals surface area contributed by atoms with Crippen LogP contribution in [0.5, 0.6) is 0 Å². The molecule has 2 aliphatic carbocycles. The van der Waals surface area contributed by atoms with E-state index in [0.29, 0.717) is 0 Å². The summed E-state index contributed by atoms with van der Waals surface area (Å²) in [5, 5.41) is 0. The summed E-state index contributed by atoms with van der Waals surface area (Å²) in [5.41, 5.74) is 0. The zero-order chi connectivity index (χ0) is 18.8. The SMILES string of the molecule is CCCCC1CCC(CCCC2CCC(CCCOS(=O)(=O)ON)C2)C1. The normalized spacial score (nSPS) is 29.5. The standard InChI is InChI=1S/C20H39NO4S/c1-2-3-6-17-10-11-18(15-17)7-4-8-19-12-13-20(16-19)9-5-14-24-26(22,23)25-21/h17-20H,2-16,21H2,1H3. The second kappa shape index (κ2) is 11.6. The van der Waals surface area contributed by atoms with Gasteiger partial charge in [0.1, 0.15) is 0 Å². The van der Waals surface area contributed by atoms with Gasteiger partial charge < -0.3 is 0 Å². The summed E-state index contributed by atoms with van der Waals surface area (Å²) >= 11 is 0. The minimum Gasteiger partial charge on any atom is -0.247 e. The summed E-state index contributed by atoms with van der Waals surface area (Å²) in [6.45, 7) is 2.46. The van der Waals surface area contributed by atoms with E-state index in [2.05, 4.69) is 21.3 Å². The van der Waals surface area contributed by atoms with Crippen LogP contribution >= 0.6 is 0 Å². The van der Waals surface area contributed by atoms with E-state index < -0.39 is 10.4 Å². The molecule has 0 aromatic carbocycles. The predicted octanol–water partition coefficient (Wildman–Crippen LogP) is 5.11. The number of hydrogen-bond donors (Lipinski definition) is 1. The van der Waals surface area contributed by atoms with Crippen LogP contribution in [0.4, 0.5) is 0 Å². The van der Waals surface area contributed by atoms with E-state index in [1.807, 2.05) is 0 Å². The first-order valence-electron chi connectivity index (χ1n) is 10.8. The average Bonchev–Trinajstić information content (AvgIpc) is 3.26. The van der Waals surface area contributed by atoms with Crippen molar-refractivity contribution in [2.24, 2.45) is 29.6 Å². The zero-order valence-corrected chi connectivity index (χ0v) is 17.4. The third-order valence-corrected chi connectivity index (χ3v) is 7.28. The lowest BCUT2D eigenvalue weighted by atomic mass is 9.92. The zero-order valence-electron chi connectivity index (χ0n) is 16.5. The van der Waals surface area contributed by atoms with Gasteiger partial charge in [0.25, 0.3) is 0 Å². The van der Waals surface area contributed by atoms with E-state index in [4.69, 9.17) is 0 Å². The molecule has 2 rings (SSSR count). The molecule has 26 heavy (non-hydrogen) atoms. The fourth-order valence-corrected chi connectivity index (χ4v) is 5.53. The molecular formula is C20H39NO4S. The second-order valence-corrected chi connectivity index (χ2v) is 9.88. The third-order valence-electron chi connectivity index (χ3n) is 6.59. The number of nitrogens with two attached hydrogens (primary N) is 1. The molecule has 0 aromatic heterocycles. The molecule has 4 unspecified atom stereocenters. The molecular weight excluding hydrogens is 350 g/mol. The fraction of sp³-hybridized carbons (Fsp3) is 1.00. The molecule has 0 aromatic rings. The quantitative estimate of drug-likeness (QED) is 0.350. The largest absolute Gasteiger partial charge is 0.415 e. The molecule has 4 atom stereocenters.